The first-order chi connectivity index (χ1) is 11.0. The molecule has 2 N–H and O–H groups in total. The van der Waals surface area contributed by atoms with E-state index in [2.05, 4.69) is 41.4 Å². The van der Waals surface area contributed by atoms with Gasteiger partial charge in [-0.05, 0) is 23.8 Å². The Morgan fingerprint density at radius 3 is 2.57 bits per heavy atom. The topological polar surface area (TPSA) is 42.8 Å². The molecule has 4 nitrogen and oxygen atoms in total. The molecule has 2 aromatic carbocycles. The molecule has 0 unspecified atom stereocenters. The van der Waals surface area contributed by atoms with Crippen LogP contribution >= 0.6 is 15.9 Å². The average molecular weight is 378 g/mol. The number of carbonyl (C=O) groups is 1. The lowest BCUT2D eigenvalue weighted by molar-refractivity contribution is -0.872. The van der Waals surface area contributed by atoms with Crippen molar-refractivity contribution in [2.75, 3.05) is 20.7 Å². The van der Waals surface area contributed by atoms with Crippen LogP contribution in [0.1, 0.15) is 11.1 Å². The van der Waals surface area contributed by atoms with Crippen LogP contribution in [0.2, 0.25) is 0 Å². The van der Waals surface area contributed by atoms with Crippen LogP contribution in [0.3, 0.4) is 0 Å². The lowest BCUT2D eigenvalue weighted by Gasteiger charge is -2.13. The predicted molar refractivity (Wildman–Crippen MR) is 94.4 cm³/mol. The van der Waals surface area contributed by atoms with Crippen molar-refractivity contribution in [2.24, 2.45) is 0 Å². The lowest BCUT2D eigenvalue weighted by atomic mass is 10.1. The van der Waals surface area contributed by atoms with Gasteiger partial charge >= 0.3 is 0 Å². The van der Waals surface area contributed by atoms with Crippen molar-refractivity contribution in [3.05, 3.63) is 64.1 Å². The van der Waals surface area contributed by atoms with Gasteiger partial charge in [0.1, 0.15) is 12.3 Å². The standard InChI is InChI=1S/C18H21BrN2O2/c1-21(2)12-15-7-4-3-6-14(15)11-20-18(22)13-23-17-9-5-8-16(19)10-17/h3-10H,11-13H2,1-2H3,(H,20,22)/p+1. The van der Waals surface area contributed by atoms with E-state index < -0.39 is 0 Å². The number of rotatable bonds is 7. The van der Waals surface area contributed by atoms with E-state index in [1.807, 2.05) is 42.5 Å². The van der Waals surface area contributed by atoms with Gasteiger partial charge in [0.25, 0.3) is 5.91 Å². The molecule has 0 atom stereocenters. The number of halogens is 1. The van der Waals surface area contributed by atoms with Crippen LogP contribution in [0, 0.1) is 0 Å². The second-order valence-electron chi connectivity index (χ2n) is 5.68. The van der Waals surface area contributed by atoms with Crippen molar-refractivity contribution in [2.45, 2.75) is 13.1 Å². The van der Waals surface area contributed by atoms with Gasteiger partial charge in [-0.15, -0.1) is 0 Å². The minimum absolute atomic E-state index is 0.0115. The maximum atomic E-state index is 12.0. The summed E-state index contributed by atoms with van der Waals surface area (Å²) < 4.78 is 6.41. The van der Waals surface area contributed by atoms with Crippen molar-refractivity contribution >= 4 is 21.8 Å². The summed E-state index contributed by atoms with van der Waals surface area (Å²) in [5.74, 6) is 0.545. The molecule has 2 aromatic rings. The summed E-state index contributed by atoms with van der Waals surface area (Å²) in [6, 6.07) is 15.6. The molecule has 0 spiro atoms. The van der Waals surface area contributed by atoms with Crippen molar-refractivity contribution in [3.8, 4) is 5.75 Å². The van der Waals surface area contributed by atoms with E-state index in [0.717, 1.165) is 16.6 Å². The van der Waals surface area contributed by atoms with Gasteiger partial charge in [-0.25, -0.2) is 0 Å². The van der Waals surface area contributed by atoms with Crippen molar-refractivity contribution in [1.82, 2.24) is 5.32 Å². The summed E-state index contributed by atoms with van der Waals surface area (Å²) >= 11 is 3.38. The average Bonchev–Trinajstić information content (AvgIpc) is 2.51. The van der Waals surface area contributed by atoms with Crippen LogP contribution in [0.25, 0.3) is 0 Å². The van der Waals surface area contributed by atoms with Gasteiger partial charge in [0.2, 0.25) is 0 Å². The van der Waals surface area contributed by atoms with E-state index >= 15 is 0 Å². The van der Waals surface area contributed by atoms with Gasteiger partial charge in [-0.2, -0.15) is 0 Å². The Labute approximate surface area is 145 Å². The number of hydrogen-bond acceptors (Lipinski definition) is 2. The molecular weight excluding hydrogens is 356 g/mol. The first-order valence-electron chi connectivity index (χ1n) is 7.55. The number of nitrogens with one attached hydrogen (secondary N) is 2. The van der Waals surface area contributed by atoms with Crippen molar-refractivity contribution in [3.63, 3.8) is 0 Å². The van der Waals surface area contributed by atoms with Crippen molar-refractivity contribution < 1.29 is 14.4 Å². The Bertz CT molecular complexity index is 659. The molecular formula is C18H22BrN2O2+. The van der Waals surface area contributed by atoms with Crippen LogP contribution < -0.4 is 15.0 Å². The minimum atomic E-state index is -0.128. The van der Waals surface area contributed by atoms with Gasteiger partial charge in [0.05, 0.1) is 14.1 Å². The highest BCUT2D eigenvalue weighted by Crippen LogP contribution is 2.17. The van der Waals surface area contributed by atoms with Crippen LogP contribution in [0.15, 0.2) is 53.0 Å². The van der Waals surface area contributed by atoms with E-state index in [4.69, 9.17) is 4.74 Å². The molecule has 0 saturated carbocycles. The summed E-state index contributed by atoms with van der Waals surface area (Å²) in [5, 5.41) is 2.91. The smallest absolute Gasteiger partial charge is 0.258 e. The van der Waals surface area contributed by atoms with Gasteiger partial charge in [0.15, 0.2) is 6.61 Å². The van der Waals surface area contributed by atoms with E-state index in [1.165, 1.54) is 10.5 Å². The number of amides is 1. The highest BCUT2D eigenvalue weighted by atomic mass is 79.9. The number of carbonyl (C=O) groups excluding carboxylic acids is 1. The Morgan fingerprint density at radius 2 is 1.87 bits per heavy atom. The van der Waals surface area contributed by atoms with Crippen LogP contribution in [0.5, 0.6) is 5.75 Å². The Kier molecular flexibility index (Phi) is 6.62. The maximum absolute atomic E-state index is 12.0. The van der Waals surface area contributed by atoms with E-state index in [1.54, 1.807) is 0 Å². The predicted octanol–water partition coefficient (Wildman–Crippen LogP) is 1.79. The van der Waals surface area contributed by atoms with E-state index in [-0.39, 0.29) is 12.5 Å². The zero-order valence-corrected chi connectivity index (χ0v) is 15.0. The van der Waals surface area contributed by atoms with Gasteiger partial charge in [0, 0.05) is 16.6 Å². The summed E-state index contributed by atoms with van der Waals surface area (Å²) in [7, 11) is 4.22. The molecule has 0 heterocycles. The largest absolute Gasteiger partial charge is 0.484 e. The summed E-state index contributed by atoms with van der Waals surface area (Å²) in [6.45, 7) is 1.46. The minimum Gasteiger partial charge on any atom is -0.484 e. The number of quaternary nitrogens is 1. The van der Waals surface area contributed by atoms with Crippen LogP contribution in [-0.4, -0.2) is 26.6 Å². The molecule has 2 rings (SSSR count). The van der Waals surface area contributed by atoms with Crippen LogP contribution in [0.4, 0.5) is 0 Å². The summed E-state index contributed by atoms with van der Waals surface area (Å²) in [4.78, 5) is 13.3. The fourth-order valence-electron chi connectivity index (χ4n) is 2.23. The molecule has 0 fully saturated rings. The molecule has 0 aliphatic carbocycles. The van der Waals surface area contributed by atoms with Gasteiger partial charge in [-0.1, -0.05) is 46.3 Å². The molecule has 0 bridgehead atoms. The van der Waals surface area contributed by atoms with E-state index in [9.17, 15) is 4.79 Å². The third-order valence-electron chi connectivity index (χ3n) is 3.30. The molecule has 0 saturated heterocycles. The fourth-order valence-corrected chi connectivity index (χ4v) is 2.61. The first kappa shape index (κ1) is 17.5. The molecule has 5 heteroatoms. The highest BCUT2D eigenvalue weighted by Gasteiger charge is 2.08. The zero-order valence-electron chi connectivity index (χ0n) is 13.4. The van der Waals surface area contributed by atoms with Gasteiger partial charge in [-0.3, -0.25) is 4.79 Å². The van der Waals surface area contributed by atoms with E-state index in [0.29, 0.717) is 12.3 Å². The molecule has 122 valence electrons. The normalized spacial score (nSPS) is 10.6. The molecule has 0 radical (unpaired) electrons. The van der Waals surface area contributed by atoms with Crippen molar-refractivity contribution in [1.29, 1.82) is 0 Å². The highest BCUT2D eigenvalue weighted by molar-refractivity contribution is 9.10. The monoisotopic (exact) mass is 377 g/mol. The molecule has 23 heavy (non-hydrogen) atoms. The number of ether oxygens (including phenoxy) is 1. The fraction of sp³-hybridized carbons (Fsp3) is 0.278. The second kappa shape index (κ2) is 8.70. The molecule has 1 amide bonds. The third kappa shape index (κ3) is 6.04. The summed E-state index contributed by atoms with van der Waals surface area (Å²) in [5.41, 5.74) is 2.39. The van der Waals surface area contributed by atoms with Crippen LogP contribution in [-0.2, 0) is 17.9 Å². The Morgan fingerprint density at radius 1 is 1.13 bits per heavy atom. The SMILES string of the molecule is C[NH+](C)Cc1ccccc1CNC(=O)COc1cccc(Br)c1. The third-order valence-corrected chi connectivity index (χ3v) is 3.80. The summed E-state index contributed by atoms with van der Waals surface area (Å²) in [6.07, 6.45) is 0. The molecule has 0 aliphatic rings. The second-order valence-corrected chi connectivity index (χ2v) is 6.59. The lowest BCUT2D eigenvalue weighted by Crippen LogP contribution is -3.04. The quantitative estimate of drug-likeness (QED) is 0.772. The molecule has 0 aromatic heterocycles. The zero-order chi connectivity index (χ0) is 16.7. The van der Waals surface area contributed by atoms with Gasteiger partial charge < -0.3 is 15.0 Å². The maximum Gasteiger partial charge on any atom is 0.258 e. The Hall–Kier alpha value is -1.85. The Balaban J connectivity index is 1.85. The number of benzene rings is 2. The first-order valence-corrected chi connectivity index (χ1v) is 8.35. The molecule has 0 aliphatic heterocycles. The number of hydrogen-bond donors (Lipinski definition) is 2.